The zero-order chi connectivity index (χ0) is 20.4. The van der Waals surface area contributed by atoms with E-state index in [1.807, 2.05) is 50.7 Å². The largest absolute Gasteiger partial charge is 0.385 e. The third-order valence-electron chi connectivity index (χ3n) is 4.35. The van der Waals surface area contributed by atoms with Gasteiger partial charge in [-0.25, -0.2) is 0 Å². The summed E-state index contributed by atoms with van der Waals surface area (Å²) in [6.45, 7) is 8.15. The van der Waals surface area contributed by atoms with Crippen molar-refractivity contribution in [1.29, 1.82) is 0 Å². The highest BCUT2D eigenvalue weighted by atomic mass is 16.5. The summed E-state index contributed by atoms with van der Waals surface area (Å²) in [5, 5.41) is 0. The quantitative estimate of drug-likeness (QED) is 0.549. The lowest BCUT2D eigenvalue weighted by Gasteiger charge is -2.31. The molecule has 1 aromatic rings. The van der Waals surface area contributed by atoms with Crippen LogP contribution in [0, 0.1) is 5.41 Å². The van der Waals surface area contributed by atoms with Crippen molar-refractivity contribution in [2.75, 3.05) is 47.1 Å². The molecule has 0 fully saturated rings. The summed E-state index contributed by atoms with van der Waals surface area (Å²) >= 11 is 0. The highest BCUT2D eigenvalue weighted by Crippen LogP contribution is 2.18. The van der Waals surface area contributed by atoms with Crippen LogP contribution in [0.15, 0.2) is 18.3 Å². The predicted octanol–water partition coefficient (Wildman–Crippen LogP) is 1.91. The SMILES string of the molecule is COCCCN(CC(=O)N(CCOC)Cc1cccn1C)C(=O)C(C)(C)C. The molecule has 0 atom stereocenters. The maximum Gasteiger partial charge on any atom is 0.242 e. The molecule has 0 N–H and O–H groups in total. The normalized spacial score (nSPS) is 11.5. The van der Waals surface area contributed by atoms with Crippen LogP contribution in [0.25, 0.3) is 0 Å². The molecule has 7 nitrogen and oxygen atoms in total. The number of rotatable bonds is 11. The Labute approximate surface area is 163 Å². The fraction of sp³-hybridized carbons (Fsp3) is 0.700. The highest BCUT2D eigenvalue weighted by Gasteiger charge is 2.29. The molecule has 154 valence electrons. The van der Waals surface area contributed by atoms with E-state index in [1.54, 1.807) is 24.0 Å². The second-order valence-corrected chi connectivity index (χ2v) is 7.74. The minimum atomic E-state index is -0.539. The molecule has 0 saturated heterocycles. The van der Waals surface area contributed by atoms with Crippen molar-refractivity contribution in [3.8, 4) is 0 Å². The van der Waals surface area contributed by atoms with Gasteiger partial charge in [0.2, 0.25) is 11.8 Å². The number of carbonyl (C=O) groups is 2. The third kappa shape index (κ3) is 7.72. The Morgan fingerprint density at radius 3 is 2.26 bits per heavy atom. The van der Waals surface area contributed by atoms with Crippen molar-refractivity contribution in [1.82, 2.24) is 14.4 Å². The summed E-state index contributed by atoms with van der Waals surface area (Å²) in [6.07, 6.45) is 2.65. The molecule has 1 aromatic heterocycles. The molecule has 2 amide bonds. The first-order valence-electron chi connectivity index (χ1n) is 9.36. The van der Waals surface area contributed by atoms with Crippen LogP contribution in [-0.2, 0) is 32.7 Å². The molecule has 0 saturated carbocycles. The molecular weight excluding hydrogens is 346 g/mol. The molecule has 0 radical (unpaired) electrons. The molecule has 0 aromatic carbocycles. The van der Waals surface area contributed by atoms with Gasteiger partial charge in [0.25, 0.3) is 0 Å². The molecule has 0 aliphatic carbocycles. The lowest BCUT2D eigenvalue weighted by molar-refractivity contribution is -0.146. The van der Waals surface area contributed by atoms with E-state index in [0.29, 0.717) is 39.3 Å². The molecule has 0 aliphatic rings. The Bertz CT molecular complexity index is 592. The average molecular weight is 382 g/mol. The first kappa shape index (κ1) is 23.2. The number of amides is 2. The molecule has 1 heterocycles. The van der Waals surface area contributed by atoms with Gasteiger partial charge in [0.15, 0.2) is 0 Å². The van der Waals surface area contributed by atoms with Crippen LogP contribution in [0.2, 0.25) is 0 Å². The van der Waals surface area contributed by atoms with Crippen LogP contribution in [-0.4, -0.2) is 73.2 Å². The number of aryl methyl sites for hydroxylation is 1. The van der Waals surface area contributed by atoms with Crippen molar-refractivity contribution in [2.24, 2.45) is 12.5 Å². The minimum absolute atomic E-state index is 0.0301. The molecular formula is C20H35N3O4. The van der Waals surface area contributed by atoms with Crippen LogP contribution in [0.1, 0.15) is 32.9 Å². The van der Waals surface area contributed by atoms with Crippen LogP contribution >= 0.6 is 0 Å². The van der Waals surface area contributed by atoms with Crippen molar-refractivity contribution >= 4 is 11.8 Å². The first-order valence-corrected chi connectivity index (χ1v) is 9.36. The Morgan fingerprint density at radius 2 is 1.74 bits per heavy atom. The molecule has 1 rings (SSSR count). The van der Waals surface area contributed by atoms with Gasteiger partial charge in [-0.2, -0.15) is 0 Å². The number of ether oxygens (including phenoxy) is 2. The number of hydrogen-bond donors (Lipinski definition) is 0. The minimum Gasteiger partial charge on any atom is -0.385 e. The number of carbonyl (C=O) groups excluding carboxylic acids is 2. The van der Waals surface area contributed by atoms with E-state index in [9.17, 15) is 9.59 Å². The summed E-state index contributed by atoms with van der Waals surface area (Å²) < 4.78 is 12.2. The van der Waals surface area contributed by atoms with E-state index in [-0.39, 0.29) is 18.4 Å². The van der Waals surface area contributed by atoms with Crippen molar-refractivity contribution in [3.63, 3.8) is 0 Å². The summed E-state index contributed by atoms with van der Waals surface area (Å²) in [4.78, 5) is 29.2. The molecule has 27 heavy (non-hydrogen) atoms. The number of aromatic nitrogens is 1. The number of hydrogen-bond acceptors (Lipinski definition) is 4. The van der Waals surface area contributed by atoms with Crippen LogP contribution in [0.3, 0.4) is 0 Å². The van der Waals surface area contributed by atoms with Gasteiger partial charge in [-0.05, 0) is 18.6 Å². The van der Waals surface area contributed by atoms with Gasteiger partial charge in [0.05, 0.1) is 19.7 Å². The summed E-state index contributed by atoms with van der Waals surface area (Å²) in [5.41, 5.74) is 0.496. The van der Waals surface area contributed by atoms with E-state index in [4.69, 9.17) is 9.47 Å². The summed E-state index contributed by atoms with van der Waals surface area (Å²) in [5.74, 6) is -0.110. The Hall–Kier alpha value is -1.86. The zero-order valence-corrected chi connectivity index (χ0v) is 17.7. The molecule has 0 spiro atoms. The lowest BCUT2D eigenvalue weighted by Crippen LogP contribution is -2.47. The van der Waals surface area contributed by atoms with Crippen molar-refractivity contribution < 1.29 is 19.1 Å². The lowest BCUT2D eigenvalue weighted by atomic mass is 9.94. The van der Waals surface area contributed by atoms with E-state index in [2.05, 4.69) is 0 Å². The van der Waals surface area contributed by atoms with E-state index in [0.717, 1.165) is 5.69 Å². The van der Waals surface area contributed by atoms with Gasteiger partial charge in [-0.3, -0.25) is 9.59 Å². The third-order valence-corrected chi connectivity index (χ3v) is 4.35. The van der Waals surface area contributed by atoms with Crippen molar-refractivity contribution in [2.45, 2.75) is 33.7 Å². The molecule has 0 unspecified atom stereocenters. The zero-order valence-electron chi connectivity index (χ0n) is 17.7. The smallest absolute Gasteiger partial charge is 0.242 e. The first-order chi connectivity index (χ1) is 12.7. The second-order valence-electron chi connectivity index (χ2n) is 7.74. The van der Waals surface area contributed by atoms with Gasteiger partial charge in [-0.15, -0.1) is 0 Å². The fourth-order valence-electron chi connectivity index (χ4n) is 2.74. The van der Waals surface area contributed by atoms with Crippen LogP contribution < -0.4 is 0 Å². The molecule has 7 heteroatoms. The van der Waals surface area contributed by atoms with Gasteiger partial charge in [0, 0.05) is 58.3 Å². The second kappa shape index (κ2) is 11.1. The summed E-state index contributed by atoms with van der Waals surface area (Å²) in [6, 6.07) is 3.94. The highest BCUT2D eigenvalue weighted by molar-refractivity contribution is 5.87. The van der Waals surface area contributed by atoms with Crippen LogP contribution in [0.5, 0.6) is 0 Å². The van der Waals surface area contributed by atoms with Gasteiger partial charge >= 0.3 is 0 Å². The molecule has 0 bridgehead atoms. The van der Waals surface area contributed by atoms with E-state index < -0.39 is 5.41 Å². The Balaban J connectivity index is 2.88. The van der Waals surface area contributed by atoms with Gasteiger partial charge in [0.1, 0.15) is 0 Å². The Kier molecular flexibility index (Phi) is 9.52. The van der Waals surface area contributed by atoms with Gasteiger partial charge < -0.3 is 23.8 Å². The maximum atomic E-state index is 13.0. The monoisotopic (exact) mass is 381 g/mol. The van der Waals surface area contributed by atoms with Crippen molar-refractivity contribution in [3.05, 3.63) is 24.0 Å². The summed E-state index contributed by atoms with van der Waals surface area (Å²) in [7, 11) is 5.20. The standard InChI is InChI=1S/C20H35N3O4/c1-20(2,3)19(25)23(11-8-13-26-5)16-18(24)22(12-14-27-6)15-17-9-7-10-21(17)4/h7,9-10H,8,11-16H2,1-6H3. The fourth-order valence-corrected chi connectivity index (χ4v) is 2.74. The molecule has 0 aliphatic heterocycles. The van der Waals surface area contributed by atoms with E-state index in [1.165, 1.54) is 0 Å². The number of methoxy groups -OCH3 is 2. The topological polar surface area (TPSA) is 64.0 Å². The maximum absolute atomic E-state index is 13.0. The average Bonchev–Trinajstić information content (AvgIpc) is 3.01. The van der Waals surface area contributed by atoms with E-state index >= 15 is 0 Å². The van der Waals surface area contributed by atoms with Crippen LogP contribution in [0.4, 0.5) is 0 Å². The predicted molar refractivity (Wildman–Crippen MR) is 105 cm³/mol. The number of nitrogens with zero attached hydrogens (tertiary/aromatic N) is 3. The van der Waals surface area contributed by atoms with Gasteiger partial charge in [-0.1, -0.05) is 20.8 Å². The Morgan fingerprint density at radius 1 is 1.07 bits per heavy atom.